The summed E-state index contributed by atoms with van der Waals surface area (Å²) in [5.74, 6) is 1.04. The molecule has 0 fully saturated rings. The van der Waals surface area contributed by atoms with Crippen molar-refractivity contribution in [2.45, 2.75) is 39.9 Å². The standard InChI is InChI=1S/C25H25FN2O2/c1-16(2)29-20-8-5-18(6-9-20)24-14-27-25-12-7-19(15-28(24)25)22-11-10-21(13-23(22)26)30-17(3)4/h5-17H,1-4H3. The molecule has 30 heavy (non-hydrogen) atoms. The maximum absolute atomic E-state index is 14.8. The molecule has 0 radical (unpaired) electrons. The second kappa shape index (κ2) is 8.19. The van der Waals surface area contributed by atoms with Crippen LogP contribution in [0.15, 0.2) is 67.0 Å². The molecule has 0 bridgehead atoms. The lowest BCUT2D eigenvalue weighted by Gasteiger charge is -2.12. The number of benzene rings is 2. The van der Waals surface area contributed by atoms with Crippen LogP contribution in [0.4, 0.5) is 4.39 Å². The van der Waals surface area contributed by atoms with Crippen molar-refractivity contribution in [2.75, 3.05) is 0 Å². The second-order valence-corrected chi connectivity index (χ2v) is 7.79. The molecule has 0 amide bonds. The third kappa shape index (κ3) is 4.15. The molecule has 0 aliphatic carbocycles. The average molecular weight is 404 g/mol. The van der Waals surface area contributed by atoms with Crippen LogP contribution in [-0.4, -0.2) is 21.6 Å². The van der Waals surface area contributed by atoms with Crippen molar-refractivity contribution >= 4 is 5.65 Å². The molecular formula is C25H25FN2O2. The van der Waals surface area contributed by atoms with E-state index in [1.165, 1.54) is 6.07 Å². The van der Waals surface area contributed by atoms with Crippen LogP contribution in [0.1, 0.15) is 27.7 Å². The number of aromatic nitrogens is 2. The van der Waals surface area contributed by atoms with E-state index in [9.17, 15) is 4.39 Å². The lowest BCUT2D eigenvalue weighted by Crippen LogP contribution is -2.05. The van der Waals surface area contributed by atoms with Crippen LogP contribution in [0.25, 0.3) is 28.0 Å². The molecule has 154 valence electrons. The summed E-state index contributed by atoms with van der Waals surface area (Å²) in [6.45, 7) is 7.84. The number of fused-ring (bicyclic) bond motifs is 1. The summed E-state index contributed by atoms with van der Waals surface area (Å²) in [5, 5.41) is 0. The lowest BCUT2D eigenvalue weighted by atomic mass is 10.1. The molecule has 0 aliphatic rings. The Kier molecular flexibility index (Phi) is 5.44. The summed E-state index contributed by atoms with van der Waals surface area (Å²) in [6.07, 6.45) is 3.86. The predicted octanol–water partition coefficient (Wildman–Crippen LogP) is 6.38. The summed E-state index contributed by atoms with van der Waals surface area (Å²) in [7, 11) is 0. The number of hydrogen-bond acceptors (Lipinski definition) is 3. The third-order valence-corrected chi connectivity index (χ3v) is 4.65. The molecule has 0 saturated carbocycles. The quantitative estimate of drug-likeness (QED) is 0.374. The Morgan fingerprint density at radius 1 is 0.800 bits per heavy atom. The number of rotatable bonds is 6. The van der Waals surface area contributed by atoms with E-state index in [1.807, 2.05) is 80.9 Å². The number of ether oxygens (including phenoxy) is 2. The van der Waals surface area contributed by atoms with Gasteiger partial charge in [0, 0.05) is 29.0 Å². The van der Waals surface area contributed by atoms with Crippen molar-refractivity contribution in [3.63, 3.8) is 0 Å². The first-order valence-electron chi connectivity index (χ1n) is 10.1. The van der Waals surface area contributed by atoms with E-state index in [2.05, 4.69) is 4.98 Å². The monoisotopic (exact) mass is 404 g/mol. The molecule has 4 aromatic rings. The predicted molar refractivity (Wildman–Crippen MR) is 118 cm³/mol. The van der Waals surface area contributed by atoms with Crippen molar-refractivity contribution in [1.82, 2.24) is 9.38 Å². The van der Waals surface area contributed by atoms with Gasteiger partial charge in [0.25, 0.3) is 0 Å². The Bertz CT molecular complexity index is 1160. The van der Waals surface area contributed by atoms with Crippen molar-refractivity contribution in [3.8, 4) is 33.9 Å². The highest BCUT2D eigenvalue weighted by atomic mass is 19.1. The van der Waals surface area contributed by atoms with Gasteiger partial charge in [-0.25, -0.2) is 9.37 Å². The minimum absolute atomic E-state index is 0.00238. The number of imidazole rings is 1. The van der Waals surface area contributed by atoms with E-state index >= 15 is 0 Å². The van der Waals surface area contributed by atoms with E-state index < -0.39 is 0 Å². The average Bonchev–Trinajstić information content (AvgIpc) is 3.11. The first-order valence-corrected chi connectivity index (χ1v) is 10.1. The van der Waals surface area contributed by atoms with Gasteiger partial charge in [-0.1, -0.05) is 0 Å². The Morgan fingerprint density at radius 2 is 1.43 bits per heavy atom. The zero-order valence-corrected chi connectivity index (χ0v) is 17.6. The molecule has 0 unspecified atom stereocenters. The zero-order valence-electron chi connectivity index (χ0n) is 17.6. The van der Waals surface area contributed by atoms with Gasteiger partial charge in [0.05, 0.1) is 24.1 Å². The molecule has 0 spiro atoms. The Balaban J connectivity index is 1.70. The van der Waals surface area contributed by atoms with Crippen molar-refractivity contribution in [2.24, 2.45) is 0 Å². The van der Waals surface area contributed by atoms with Gasteiger partial charge in [-0.2, -0.15) is 0 Å². The molecule has 5 heteroatoms. The topological polar surface area (TPSA) is 35.8 Å². The summed E-state index contributed by atoms with van der Waals surface area (Å²) in [5.41, 5.74) is 4.04. The minimum atomic E-state index is -0.315. The Labute approximate surface area is 175 Å². The molecule has 0 atom stereocenters. The van der Waals surface area contributed by atoms with E-state index in [0.717, 1.165) is 28.2 Å². The van der Waals surface area contributed by atoms with Gasteiger partial charge < -0.3 is 9.47 Å². The fourth-order valence-corrected chi connectivity index (χ4v) is 3.41. The zero-order chi connectivity index (χ0) is 21.3. The van der Waals surface area contributed by atoms with Gasteiger partial charge in [-0.15, -0.1) is 0 Å². The van der Waals surface area contributed by atoms with Crippen molar-refractivity contribution in [3.05, 3.63) is 72.8 Å². The first-order chi connectivity index (χ1) is 14.4. The van der Waals surface area contributed by atoms with Gasteiger partial charge in [0.2, 0.25) is 0 Å². The van der Waals surface area contributed by atoms with E-state index in [4.69, 9.17) is 9.47 Å². The minimum Gasteiger partial charge on any atom is -0.491 e. The molecule has 2 heterocycles. The van der Waals surface area contributed by atoms with Gasteiger partial charge in [0.1, 0.15) is 23.0 Å². The fourth-order valence-electron chi connectivity index (χ4n) is 3.41. The van der Waals surface area contributed by atoms with Crippen LogP contribution in [0.5, 0.6) is 11.5 Å². The highest BCUT2D eigenvalue weighted by Crippen LogP contribution is 2.29. The maximum atomic E-state index is 14.8. The maximum Gasteiger partial charge on any atom is 0.137 e. The van der Waals surface area contributed by atoms with Crippen LogP contribution in [-0.2, 0) is 0 Å². The largest absolute Gasteiger partial charge is 0.491 e. The van der Waals surface area contributed by atoms with Crippen LogP contribution < -0.4 is 9.47 Å². The Hall–Kier alpha value is -3.34. The second-order valence-electron chi connectivity index (χ2n) is 7.79. The first kappa shape index (κ1) is 20.0. The smallest absolute Gasteiger partial charge is 0.137 e. The summed E-state index contributed by atoms with van der Waals surface area (Å²) >= 11 is 0. The summed E-state index contributed by atoms with van der Waals surface area (Å²) in [4.78, 5) is 4.49. The molecule has 0 N–H and O–H groups in total. The molecule has 0 aliphatic heterocycles. The normalized spacial score (nSPS) is 11.4. The van der Waals surface area contributed by atoms with Crippen LogP contribution in [0, 0.1) is 5.82 Å². The van der Waals surface area contributed by atoms with Gasteiger partial charge >= 0.3 is 0 Å². The van der Waals surface area contributed by atoms with Gasteiger partial charge in [-0.3, -0.25) is 4.40 Å². The van der Waals surface area contributed by atoms with E-state index in [0.29, 0.717) is 11.3 Å². The molecular weight excluding hydrogens is 379 g/mol. The van der Waals surface area contributed by atoms with Gasteiger partial charge in [-0.05, 0) is 76.2 Å². The number of hydrogen-bond donors (Lipinski definition) is 0. The van der Waals surface area contributed by atoms with E-state index in [-0.39, 0.29) is 18.0 Å². The molecule has 2 aromatic heterocycles. The number of nitrogens with zero attached hydrogens (tertiary/aromatic N) is 2. The molecule has 2 aromatic carbocycles. The lowest BCUT2D eigenvalue weighted by molar-refractivity contribution is 0.241. The van der Waals surface area contributed by atoms with Crippen LogP contribution in [0.2, 0.25) is 0 Å². The van der Waals surface area contributed by atoms with Gasteiger partial charge in [0.15, 0.2) is 0 Å². The van der Waals surface area contributed by atoms with Crippen LogP contribution >= 0.6 is 0 Å². The third-order valence-electron chi connectivity index (χ3n) is 4.65. The van der Waals surface area contributed by atoms with Crippen molar-refractivity contribution < 1.29 is 13.9 Å². The van der Waals surface area contributed by atoms with E-state index in [1.54, 1.807) is 12.1 Å². The summed E-state index contributed by atoms with van der Waals surface area (Å²) < 4.78 is 28.1. The number of halogens is 1. The number of pyridine rings is 1. The van der Waals surface area contributed by atoms with Crippen molar-refractivity contribution in [1.29, 1.82) is 0 Å². The highest BCUT2D eigenvalue weighted by Gasteiger charge is 2.12. The van der Waals surface area contributed by atoms with Crippen LogP contribution in [0.3, 0.4) is 0 Å². The Morgan fingerprint density at radius 3 is 2.10 bits per heavy atom. The molecule has 4 nitrogen and oxygen atoms in total. The molecule has 0 saturated heterocycles. The molecule has 4 rings (SSSR count). The fraction of sp³-hybridized carbons (Fsp3) is 0.240. The summed E-state index contributed by atoms with van der Waals surface area (Å²) in [6, 6.07) is 16.7. The highest BCUT2D eigenvalue weighted by molar-refractivity contribution is 5.70. The SMILES string of the molecule is CC(C)Oc1ccc(-c2cnc3ccc(-c4ccc(OC(C)C)cc4F)cn23)cc1.